The Morgan fingerprint density at radius 2 is 1.75 bits per heavy atom. The molecule has 12 heavy (non-hydrogen) atoms. The van der Waals surface area contributed by atoms with Crippen molar-refractivity contribution >= 4 is 0 Å². The highest BCUT2D eigenvalue weighted by molar-refractivity contribution is 4.89. The molecule has 0 saturated carbocycles. The van der Waals surface area contributed by atoms with E-state index >= 15 is 0 Å². The van der Waals surface area contributed by atoms with E-state index in [9.17, 15) is 0 Å². The molecule has 0 aromatic carbocycles. The number of ether oxygens (including phenoxy) is 1. The van der Waals surface area contributed by atoms with Gasteiger partial charge in [-0.15, -0.1) is 0 Å². The van der Waals surface area contributed by atoms with Crippen LogP contribution in [0.1, 0.15) is 0 Å². The van der Waals surface area contributed by atoms with Gasteiger partial charge in [-0.2, -0.15) is 0 Å². The molecular formula is C6H12O6. The summed E-state index contributed by atoms with van der Waals surface area (Å²) in [6.07, 6.45) is -6.75. The number of aliphatic hydroxyl groups is 5. The second-order valence-electron chi connectivity index (χ2n) is 2.72. The molecule has 1 heterocycles. The molecule has 1 saturated heterocycles. The number of aliphatic hydroxyl groups excluding tert-OH is 5. The Labute approximate surface area is 68.6 Å². The summed E-state index contributed by atoms with van der Waals surface area (Å²) in [7, 11) is 0. The lowest BCUT2D eigenvalue weighted by Gasteiger charge is -2.18. The fourth-order valence-electron chi connectivity index (χ4n) is 1.11. The molecule has 3 unspecified atom stereocenters. The summed E-state index contributed by atoms with van der Waals surface area (Å²) in [5.41, 5.74) is 0. The van der Waals surface area contributed by atoms with Gasteiger partial charge in [0.25, 0.3) is 0 Å². The summed E-state index contributed by atoms with van der Waals surface area (Å²) >= 11 is 0. The van der Waals surface area contributed by atoms with E-state index in [0.717, 1.165) is 0 Å². The first-order valence-electron chi connectivity index (χ1n) is 3.56. The third-order valence-electron chi connectivity index (χ3n) is 1.84. The lowest BCUT2D eigenvalue weighted by atomic mass is 10.1. The van der Waals surface area contributed by atoms with Crippen LogP contribution < -0.4 is 0 Å². The van der Waals surface area contributed by atoms with Crippen LogP contribution in [0.4, 0.5) is 0 Å². The lowest BCUT2D eigenvalue weighted by Crippen LogP contribution is -2.40. The van der Waals surface area contributed by atoms with Gasteiger partial charge >= 0.3 is 0 Å². The average Bonchev–Trinajstić information content (AvgIpc) is 2.32. The molecule has 5 N–H and O–H groups in total. The van der Waals surface area contributed by atoms with Gasteiger partial charge in [-0.1, -0.05) is 0 Å². The summed E-state index contributed by atoms with van der Waals surface area (Å²) in [6, 6.07) is 0. The number of rotatable bonds is 2. The Bertz CT molecular complexity index is 151. The van der Waals surface area contributed by atoms with Crippen molar-refractivity contribution in [3.8, 4) is 0 Å². The van der Waals surface area contributed by atoms with E-state index in [1.807, 2.05) is 0 Å². The van der Waals surface area contributed by atoms with Gasteiger partial charge in [0.15, 0.2) is 6.29 Å². The summed E-state index contributed by atoms with van der Waals surface area (Å²) in [5, 5.41) is 44.4. The van der Waals surface area contributed by atoms with Crippen LogP contribution >= 0.6 is 0 Å². The molecule has 0 aliphatic carbocycles. The fraction of sp³-hybridized carbons (Fsp3) is 1.00. The molecule has 0 amide bonds. The fourth-order valence-corrected chi connectivity index (χ4v) is 1.11. The van der Waals surface area contributed by atoms with Crippen molar-refractivity contribution in [1.29, 1.82) is 0 Å². The number of hydrogen-bond donors (Lipinski definition) is 5. The van der Waals surface area contributed by atoms with Crippen LogP contribution in [0.5, 0.6) is 0 Å². The van der Waals surface area contributed by atoms with Gasteiger partial charge in [0.2, 0.25) is 0 Å². The van der Waals surface area contributed by atoms with Crippen LogP contribution in [-0.4, -0.2) is 62.8 Å². The lowest BCUT2D eigenvalue weighted by molar-refractivity contribution is -0.150. The van der Waals surface area contributed by atoms with Gasteiger partial charge in [-0.3, -0.25) is 0 Å². The van der Waals surface area contributed by atoms with Gasteiger partial charge in [-0.05, 0) is 0 Å². The quantitative estimate of drug-likeness (QED) is 0.306. The van der Waals surface area contributed by atoms with E-state index in [0.29, 0.717) is 0 Å². The Hall–Kier alpha value is -0.240. The Kier molecular flexibility index (Phi) is 2.99. The van der Waals surface area contributed by atoms with Crippen molar-refractivity contribution in [2.24, 2.45) is 0 Å². The molecule has 6 nitrogen and oxygen atoms in total. The predicted molar refractivity (Wildman–Crippen MR) is 36.0 cm³/mol. The first-order chi connectivity index (χ1) is 5.57. The highest BCUT2D eigenvalue weighted by atomic mass is 16.6. The molecule has 0 aromatic rings. The molecule has 6 heteroatoms. The highest BCUT2D eigenvalue weighted by Crippen LogP contribution is 2.21. The summed E-state index contributed by atoms with van der Waals surface area (Å²) in [5.74, 6) is 0. The highest BCUT2D eigenvalue weighted by Gasteiger charge is 2.44. The zero-order valence-corrected chi connectivity index (χ0v) is 6.24. The monoisotopic (exact) mass is 180 g/mol. The van der Waals surface area contributed by atoms with E-state index in [2.05, 4.69) is 4.74 Å². The van der Waals surface area contributed by atoms with Crippen LogP contribution in [0, 0.1) is 0 Å². The third kappa shape index (κ3) is 1.58. The maximum atomic E-state index is 9.12. The van der Waals surface area contributed by atoms with E-state index in [4.69, 9.17) is 25.5 Å². The molecule has 0 aromatic heterocycles. The largest absolute Gasteiger partial charge is 0.394 e. The van der Waals surface area contributed by atoms with Crippen molar-refractivity contribution in [3.63, 3.8) is 0 Å². The molecule has 0 spiro atoms. The minimum atomic E-state index is -1.51. The van der Waals surface area contributed by atoms with Crippen molar-refractivity contribution in [2.75, 3.05) is 6.61 Å². The van der Waals surface area contributed by atoms with Crippen molar-refractivity contribution < 1.29 is 30.3 Å². The first-order valence-corrected chi connectivity index (χ1v) is 3.56. The summed E-state index contributed by atoms with van der Waals surface area (Å²) < 4.78 is 4.58. The van der Waals surface area contributed by atoms with Crippen molar-refractivity contribution in [3.05, 3.63) is 0 Å². The smallest absolute Gasteiger partial charge is 0.184 e. The van der Waals surface area contributed by atoms with E-state index in [1.165, 1.54) is 0 Å². The molecule has 1 rings (SSSR count). The second-order valence-corrected chi connectivity index (χ2v) is 2.72. The van der Waals surface area contributed by atoms with Crippen LogP contribution in [0.2, 0.25) is 0 Å². The maximum absolute atomic E-state index is 9.12. The Morgan fingerprint density at radius 3 is 2.08 bits per heavy atom. The van der Waals surface area contributed by atoms with Crippen molar-refractivity contribution in [1.82, 2.24) is 0 Å². The predicted octanol–water partition coefficient (Wildman–Crippen LogP) is -3.22. The van der Waals surface area contributed by atoms with Crippen LogP contribution in [0.3, 0.4) is 0 Å². The van der Waals surface area contributed by atoms with E-state index < -0.39 is 37.3 Å². The minimum absolute atomic E-state index is 0.596. The normalized spacial score (nSPS) is 44.8. The molecule has 5 atom stereocenters. The molecule has 72 valence electrons. The van der Waals surface area contributed by atoms with Crippen LogP contribution in [0.15, 0.2) is 0 Å². The first kappa shape index (κ1) is 9.85. The zero-order chi connectivity index (χ0) is 9.30. The van der Waals surface area contributed by atoms with Gasteiger partial charge in [0.1, 0.15) is 24.4 Å². The maximum Gasteiger partial charge on any atom is 0.184 e. The molecule has 0 radical (unpaired) electrons. The SMILES string of the molecule is OCC(O)[C@@H]1O[C@@H](O)C(O)C1O. The van der Waals surface area contributed by atoms with Gasteiger partial charge in [0, 0.05) is 0 Å². The summed E-state index contributed by atoms with van der Waals surface area (Å²) in [4.78, 5) is 0. The van der Waals surface area contributed by atoms with Gasteiger partial charge in [0.05, 0.1) is 6.61 Å². The van der Waals surface area contributed by atoms with E-state index in [-0.39, 0.29) is 0 Å². The molecule has 0 bridgehead atoms. The van der Waals surface area contributed by atoms with Gasteiger partial charge in [-0.25, -0.2) is 0 Å². The standard InChI is InChI=1S/C6H12O6/c7-1-2(8)5-3(9)4(10)6(11)12-5/h2-11H,1H2/t2?,3?,4?,5-,6+/m0/s1. The van der Waals surface area contributed by atoms with Crippen LogP contribution in [-0.2, 0) is 4.74 Å². The minimum Gasteiger partial charge on any atom is -0.394 e. The summed E-state index contributed by atoms with van der Waals surface area (Å²) in [6.45, 7) is -0.596. The third-order valence-corrected chi connectivity index (χ3v) is 1.84. The molecule has 1 fully saturated rings. The topological polar surface area (TPSA) is 110 Å². The van der Waals surface area contributed by atoms with Gasteiger partial charge < -0.3 is 30.3 Å². The Balaban J connectivity index is 2.58. The number of hydrogen-bond acceptors (Lipinski definition) is 6. The Morgan fingerprint density at radius 1 is 1.17 bits per heavy atom. The average molecular weight is 180 g/mol. The molecular weight excluding hydrogens is 168 g/mol. The molecule has 1 aliphatic rings. The zero-order valence-electron chi connectivity index (χ0n) is 6.24. The van der Waals surface area contributed by atoms with Crippen molar-refractivity contribution in [2.45, 2.75) is 30.7 Å². The second kappa shape index (κ2) is 3.65. The van der Waals surface area contributed by atoms with E-state index in [1.54, 1.807) is 0 Å². The molecule has 1 aliphatic heterocycles. The van der Waals surface area contributed by atoms with Crippen LogP contribution in [0.25, 0.3) is 0 Å².